The molecule has 1 aliphatic rings. The van der Waals surface area contributed by atoms with Crippen LogP contribution in [0.4, 0.5) is 0 Å². The van der Waals surface area contributed by atoms with E-state index in [1.807, 2.05) is 38.1 Å². The van der Waals surface area contributed by atoms with Gasteiger partial charge in [-0.05, 0) is 25.0 Å². The highest BCUT2D eigenvalue weighted by Gasteiger charge is 2.36. The van der Waals surface area contributed by atoms with Crippen molar-refractivity contribution in [1.82, 2.24) is 14.9 Å². The largest absolute Gasteiger partial charge is 0.369 e. The average molecular weight is 351 g/mol. The summed E-state index contributed by atoms with van der Waals surface area (Å²) in [6.45, 7) is 3.69. The van der Waals surface area contributed by atoms with E-state index >= 15 is 0 Å². The van der Waals surface area contributed by atoms with Crippen molar-refractivity contribution in [3.05, 3.63) is 59.2 Å². The molecule has 1 aromatic heterocycles. The first-order chi connectivity index (χ1) is 12.3. The molecule has 2 heterocycles. The van der Waals surface area contributed by atoms with Crippen molar-refractivity contribution in [2.45, 2.75) is 32.2 Å². The molecule has 134 valence electrons. The number of rotatable bonds is 4. The van der Waals surface area contributed by atoms with Crippen molar-refractivity contribution in [3.63, 3.8) is 0 Å². The maximum Gasteiger partial charge on any atom is 0.231 e. The van der Waals surface area contributed by atoms with E-state index in [9.17, 15) is 9.59 Å². The van der Waals surface area contributed by atoms with Gasteiger partial charge >= 0.3 is 0 Å². The highest BCUT2D eigenvalue weighted by Crippen LogP contribution is 2.33. The van der Waals surface area contributed by atoms with Crippen LogP contribution in [-0.2, 0) is 16.8 Å². The molecule has 1 unspecified atom stereocenters. The van der Waals surface area contributed by atoms with Crippen LogP contribution in [0.1, 0.15) is 40.7 Å². The maximum atomic E-state index is 12.4. The number of nitrogens with zero attached hydrogens (tertiary/aromatic N) is 4. The van der Waals surface area contributed by atoms with Gasteiger partial charge < -0.3 is 5.73 Å². The van der Waals surface area contributed by atoms with Gasteiger partial charge in [0, 0.05) is 19.7 Å². The van der Waals surface area contributed by atoms with Crippen molar-refractivity contribution in [2.75, 3.05) is 7.05 Å². The van der Waals surface area contributed by atoms with Crippen LogP contribution in [0.5, 0.6) is 0 Å². The molecule has 0 saturated heterocycles. The number of hydrogen-bond acceptors (Lipinski definition) is 6. The lowest BCUT2D eigenvalue weighted by Gasteiger charge is -2.33. The van der Waals surface area contributed by atoms with Crippen molar-refractivity contribution in [1.29, 1.82) is 0 Å². The Morgan fingerprint density at radius 2 is 2.08 bits per heavy atom. The van der Waals surface area contributed by atoms with E-state index in [4.69, 9.17) is 5.73 Å². The molecule has 2 N–H and O–H groups in total. The standard InChI is InChI=1S/C19H21N5O2/c1-12-10-22-15(11-21-12)16(25)8-13-5-4-6-14(7-13)19(2)9-17(26)24(3)18(20)23-19/h4-7,10-11H,8-9H2,1-3H3,(H2,20,23). The van der Waals surface area contributed by atoms with Gasteiger partial charge in [0.05, 0.1) is 23.9 Å². The molecular weight excluding hydrogens is 330 g/mol. The molecule has 1 aromatic carbocycles. The molecule has 0 radical (unpaired) electrons. The normalized spacial score (nSPS) is 20.0. The first-order valence-corrected chi connectivity index (χ1v) is 8.32. The predicted molar refractivity (Wildman–Crippen MR) is 97.6 cm³/mol. The lowest BCUT2D eigenvalue weighted by atomic mass is 9.86. The number of nitrogens with two attached hydrogens (primary N) is 1. The van der Waals surface area contributed by atoms with Crippen LogP contribution in [0.15, 0.2) is 41.7 Å². The molecule has 26 heavy (non-hydrogen) atoms. The van der Waals surface area contributed by atoms with Crippen LogP contribution >= 0.6 is 0 Å². The molecule has 0 saturated carbocycles. The lowest BCUT2D eigenvalue weighted by molar-refractivity contribution is -0.128. The number of ketones is 1. The Morgan fingerprint density at radius 3 is 2.73 bits per heavy atom. The fourth-order valence-corrected chi connectivity index (χ4v) is 2.90. The second-order valence-electron chi connectivity index (χ2n) is 6.72. The fourth-order valence-electron chi connectivity index (χ4n) is 2.90. The van der Waals surface area contributed by atoms with E-state index in [2.05, 4.69) is 15.0 Å². The van der Waals surface area contributed by atoms with Crippen LogP contribution in [0.3, 0.4) is 0 Å². The summed E-state index contributed by atoms with van der Waals surface area (Å²) in [5.41, 5.74) is 7.91. The average Bonchev–Trinajstić information content (AvgIpc) is 2.60. The van der Waals surface area contributed by atoms with Gasteiger partial charge in [0.2, 0.25) is 5.91 Å². The molecule has 2 aromatic rings. The first-order valence-electron chi connectivity index (χ1n) is 8.32. The van der Waals surface area contributed by atoms with Crippen LogP contribution < -0.4 is 5.73 Å². The fraction of sp³-hybridized carbons (Fsp3) is 0.316. The van der Waals surface area contributed by atoms with Crippen LogP contribution in [0, 0.1) is 6.92 Å². The van der Waals surface area contributed by atoms with Gasteiger partial charge in [0.1, 0.15) is 5.69 Å². The molecule has 0 aliphatic carbocycles. The highest BCUT2D eigenvalue weighted by molar-refractivity contribution is 5.99. The minimum atomic E-state index is -0.740. The van der Waals surface area contributed by atoms with E-state index < -0.39 is 5.54 Å². The third-order valence-corrected chi connectivity index (χ3v) is 4.55. The second kappa shape index (κ2) is 6.67. The second-order valence-corrected chi connectivity index (χ2v) is 6.72. The Labute approximate surface area is 152 Å². The minimum Gasteiger partial charge on any atom is -0.369 e. The van der Waals surface area contributed by atoms with Crippen LogP contribution in [0.25, 0.3) is 0 Å². The summed E-state index contributed by atoms with van der Waals surface area (Å²) in [4.78, 5) is 38.7. The Balaban J connectivity index is 1.85. The van der Waals surface area contributed by atoms with Crippen LogP contribution in [0.2, 0.25) is 0 Å². The molecule has 1 amide bonds. The number of Topliss-reactive ketones (excluding diaryl/α,β-unsaturated/α-hetero) is 1. The summed E-state index contributed by atoms with van der Waals surface area (Å²) >= 11 is 0. The molecule has 3 rings (SSSR count). The van der Waals surface area contributed by atoms with E-state index in [0.717, 1.165) is 16.8 Å². The number of aliphatic imine (C=N–C) groups is 1. The van der Waals surface area contributed by atoms with E-state index in [-0.39, 0.29) is 30.5 Å². The van der Waals surface area contributed by atoms with Crippen molar-refractivity contribution in [2.24, 2.45) is 10.7 Å². The number of guanidine groups is 1. The molecular formula is C19H21N5O2. The smallest absolute Gasteiger partial charge is 0.231 e. The Bertz CT molecular complexity index is 891. The zero-order chi connectivity index (χ0) is 18.9. The van der Waals surface area contributed by atoms with Gasteiger partial charge in [-0.2, -0.15) is 0 Å². The molecule has 7 heteroatoms. The summed E-state index contributed by atoms with van der Waals surface area (Å²) in [6, 6.07) is 7.53. The summed E-state index contributed by atoms with van der Waals surface area (Å²) in [7, 11) is 1.61. The zero-order valence-corrected chi connectivity index (χ0v) is 15.1. The molecule has 0 bridgehead atoms. The van der Waals surface area contributed by atoms with Gasteiger partial charge in [-0.1, -0.05) is 24.3 Å². The molecule has 7 nitrogen and oxygen atoms in total. The van der Waals surface area contributed by atoms with Gasteiger partial charge in [-0.25, -0.2) is 9.98 Å². The zero-order valence-electron chi connectivity index (χ0n) is 15.1. The van der Waals surface area contributed by atoms with E-state index in [1.54, 1.807) is 13.2 Å². The SMILES string of the molecule is Cc1cnc(C(=O)Cc2cccc(C3(C)CC(=O)N(C)C(N)=N3)c2)cn1. The van der Waals surface area contributed by atoms with Crippen molar-refractivity contribution >= 4 is 17.6 Å². The topological polar surface area (TPSA) is 102 Å². The van der Waals surface area contributed by atoms with Gasteiger partial charge in [-0.15, -0.1) is 0 Å². The summed E-state index contributed by atoms with van der Waals surface area (Å²) in [6.07, 6.45) is 3.50. The van der Waals surface area contributed by atoms with Gasteiger partial charge in [-0.3, -0.25) is 19.5 Å². The number of benzene rings is 1. The monoisotopic (exact) mass is 351 g/mol. The summed E-state index contributed by atoms with van der Waals surface area (Å²) in [5.74, 6) is -0.00107. The Morgan fingerprint density at radius 1 is 1.31 bits per heavy atom. The van der Waals surface area contributed by atoms with Gasteiger partial charge in [0.25, 0.3) is 0 Å². The molecule has 1 atom stereocenters. The number of aryl methyl sites for hydroxylation is 1. The Kier molecular flexibility index (Phi) is 4.54. The predicted octanol–water partition coefficient (Wildman–Crippen LogP) is 1.60. The number of aromatic nitrogens is 2. The van der Waals surface area contributed by atoms with Gasteiger partial charge in [0.15, 0.2) is 11.7 Å². The van der Waals surface area contributed by atoms with E-state index in [0.29, 0.717) is 5.69 Å². The van der Waals surface area contributed by atoms with Crippen LogP contribution in [-0.4, -0.2) is 39.6 Å². The minimum absolute atomic E-state index is 0.0867. The molecule has 1 aliphatic heterocycles. The van der Waals surface area contributed by atoms with Crippen molar-refractivity contribution < 1.29 is 9.59 Å². The molecule has 0 fully saturated rings. The summed E-state index contributed by atoms with van der Waals surface area (Å²) < 4.78 is 0. The number of amides is 1. The number of carbonyl (C=O) groups excluding carboxylic acids is 2. The number of hydrogen-bond donors (Lipinski definition) is 1. The lowest BCUT2D eigenvalue weighted by Crippen LogP contribution is -2.47. The molecule has 0 spiro atoms. The first kappa shape index (κ1) is 17.7. The van der Waals surface area contributed by atoms with E-state index in [1.165, 1.54) is 11.1 Å². The maximum absolute atomic E-state index is 12.4. The summed E-state index contributed by atoms with van der Waals surface area (Å²) in [5, 5.41) is 0. The number of carbonyl (C=O) groups is 2. The highest BCUT2D eigenvalue weighted by atomic mass is 16.2. The van der Waals surface area contributed by atoms with Crippen molar-refractivity contribution in [3.8, 4) is 0 Å². The third kappa shape index (κ3) is 3.46. The third-order valence-electron chi connectivity index (χ3n) is 4.55. The Hall–Kier alpha value is -3.09. The quantitative estimate of drug-likeness (QED) is 0.843.